The summed E-state index contributed by atoms with van der Waals surface area (Å²) in [5.41, 5.74) is 7.21. The van der Waals surface area contributed by atoms with Gasteiger partial charge in [0.15, 0.2) is 5.82 Å². The first kappa shape index (κ1) is 18.8. The van der Waals surface area contributed by atoms with Gasteiger partial charge in [0.05, 0.1) is 13.2 Å². The smallest absolute Gasteiger partial charge is 0.172 e. The molecule has 1 fully saturated rings. The number of ether oxygens (including phenoxy) is 1. The Balaban J connectivity index is 1.84. The average molecular weight is 358 g/mol. The van der Waals surface area contributed by atoms with Crippen LogP contribution in [0.5, 0.6) is 5.75 Å². The maximum atomic E-state index is 6.07. The molecule has 0 saturated heterocycles. The van der Waals surface area contributed by atoms with E-state index in [1.54, 1.807) is 7.11 Å². The molecule has 1 aliphatic carbocycles. The van der Waals surface area contributed by atoms with E-state index >= 15 is 0 Å². The lowest BCUT2D eigenvalue weighted by atomic mass is 9.90. The average Bonchev–Trinajstić information content (AvgIpc) is 3.14. The minimum absolute atomic E-state index is 0.0351. The number of benzene rings is 1. The Bertz CT molecular complexity index is 663. The molecule has 1 atom stereocenters. The molecule has 1 aromatic heterocycles. The van der Waals surface area contributed by atoms with Gasteiger partial charge in [-0.2, -0.15) is 0 Å². The first-order valence-electron chi connectivity index (χ1n) is 9.63. The van der Waals surface area contributed by atoms with Crippen molar-refractivity contribution in [1.82, 2.24) is 25.5 Å². The van der Waals surface area contributed by atoms with Crippen LogP contribution in [-0.2, 0) is 6.54 Å². The maximum absolute atomic E-state index is 6.07. The number of aryl methyl sites for hydroxylation is 1. The van der Waals surface area contributed by atoms with Crippen molar-refractivity contribution in [2.45, 2.75) is 70.1 Å². The number of aromatic nitrogens is 4. The molecule has 7 heteroatoms. The van der Waals surface area contributed by atoms with Gasteiger partial charge in [-0.05, 0) is 60.2 Å². The van der Waals surface area contributed by atoms with Crippen LogP contribution in [0.3, 0.4) is 0 Å². The standard InChI is InChI=1S/C19H30N6O/c1-3-4-13-25-19(22-23-24-25)18(14-5-11-17(26-2)12-6-14)21-16-9-7-15(20)8-10-16/h5-6,11-12,15-16,18,21H,3-4,7-10,13,20H2,1-2H3. The van der Waals surface area contributed by atoms with E-state index < -0.39 is 0 Å². The highest BCUT2D eigenvalue weighted by Crippen LogP contribution is 2.26. The number of nitrogens with two attached hydrogens (primary N) is 1. The van der Waals surface area contributed by atoms with Gasteiger partial charge in [-0.1, -0.05) is 25.5 Å². The van der Waals surface area contributed by atoms with Gasteiger partial charge < -0.3 is 15.8 Å². The van der Waals surface area contributed by atoms with Crippen molar-refractivity contribution in [3.05, 3.63) is 35.7 Å². The minimum atomic E-state index is -0.0351. The van der Waals surface area contributed by atoms with Gasteiger partial charge in [-0.25, -0.2) is 4.68 Å². The monoisotopic (exact) mass is 358 g/mol. The van der Waals surface area contributed by atoms with E-state index in [1.807, 2.05) is 16.8 Å². The van der Waals surface area contributed by atoms with Crippen molar-refractivity contribution in [3.63, 3.8) is 0 Å². The molecule has 7 nitrogen and oxygen atoms in total. The van der Waals surface area contributed by atoms with E-state index in [1.165, 1.54) is 0 Å². The number of hydrogen-bond donors (Lipinski definition) is 2. The Morgan fingerprint density at radius 2 is 1.96 bits per heavy atom. The third-order valence-electron chi connectivity index (χ3n) is 5.16. The number of tetrazole rings is 1. The SMILES string of the molecule is CCCCn1nnnc1C(NC1CCC(N)CC1)c1ccc(OC)cc1. The highest BCUT2D eigenvalue weighted by molar-refractivity contribution is 5.32. The first-order chi connectivity index (χ1) is 12.7. The Hall–Kier alpha value is -1.99. The van der Waals surface area contributed by atoms with Crippen LogP contribution in [0, 0.1) is 0 Å². The van der Waals surface area contributed by atoms with Gasteiger partial charge in [0.1, 0.15) is 5.75 Å². The third kappa shape index (κ3) is 4.59. The zero-order valence-corrected chi connectivity index (χ0v) is 15.8. The number of methoxy groups -OCH3 is 1. The lowest BCUT2D eigenvalue weighted by Gasteiger charge is -2.30. The van der Waals surface area contributed by atoms with E-state index in [0.717, 1.165) is 62.2 Å². The summed E-state index contributed by atoms with van der Waals surface area (Å²) in [7, 11) is 1.68. The third-order valence-corrected chi connectivity index (χ3v) is 5.16. The second kappa shape index (κ2) is 9.09. The predicted octanol–water partition coefficient (Wildman–Crippen LogP) is 2.43. The van der Waals surface area contributed by atoms with E-state index in [-0.39, 0.29) is 6.04 Å². The molecule has 0 aliphatic heterocycles. The van der Waals surface area contributed by atoms with Crippen molar-refractivity contribution in [1.29, 1.82) is 0 Å². The molecule has 2 aromatic rings. The van der Waals surface area contributed by atoms with E-state index in [9.17, 15) is 0 Å². The zero-order chi connectivity index (χ0) is 18.4. The molecule has 3 rings (SSSR count). The summed E-state index contributed by atoms with van der Waals surface area (Å²) in [6.45, 7) is 3.01. The van der Waals surface area contributed by atoms with E-state index in [0.29, 0.717) is 12.1 Å². The van der Waals surface area contributed by atoms with Crippen LogP contribution in [0.2, 0.25) is 0 Å². The van der Waals surface area contributed by atoms with Crippen molar-refractivity contribution >= 4 is 0 Å². The maximum Gasteiger partial charge on any atom is 0.172 e. The highest BCUT2D eigenvalue weighted by Gasteiger charge is 2.26. The fraction of sp³-hybridized carbons (Fsp3) is 0.632. The summed E-state index contributed by atoms with van der Waals surface area (Å²) < 4.78 is 7.23. The quantitative estimate of drug-likeness (QED) is 0.753. The van der Waals surface area contributed by atoms with E-state index in [2.05, 4.69) is 39.9 Å². The van der Waals surface area contributed by atoms with Gasteiger partial charge in [0.2, 0.25) is 0 Å². The number of nitrogens with one attached hydrogen (secondary N) is 1. The molecule has 0 spiro atoms. The summed E-state index contributed by atoms with van der Waals surface area (Å²) in [6.07, 6.45) is 6.47. The fourth-order valence-corrected chi connectivity index (χ4v) is 3.52. The van der Waals surface area contributed by atoms with Crippen LogP contribution >= 0.6 is 0 Å². The highest BCUT2D eigenvalue weighted by atomic mass is 16.5. The number of unbranched alkanes of at least 4 members (excludes halogenated alkanes) is 1. The molecular weight excluding hydrogens is 328 g/mol. The van der Waals surface area contributed by atoms with Crippen molar-refractivity contribution in [2.75, 3.05) is 7.11 Å². The van der Waals surface area contributed by atoms with Crippen molar-refractivity contribution < 1.29 is 4.74 Å². The molecule has 1 aliphatic rings. The Morgan fingerprint density at radius 3 is 2.62 bits per heavy atom. The second-order valence-corrected chi connectivity index (χ2v) is 7.10. The van der Waals surface area contributed by atoms with Gasteiger partial charge in [-0.3, -0.25) is 0 Å². The molecular formula is C19H30N6O. The number of hydrogen-bond acceptors (Lipinski definition) is 6. The zero-order valence-electron chi connectivity index (χ0n) is 15.8. The fourth-order valence-electron chi connectivity index (χ4n) is 3.52. The Morgan fingerprint density at radius 1 is 1.23 bits per heavy atom. The lowest BCUT2D eigenvalue weighted by Crippen LogP contribution is -2.40. The summed E-state index contributed by atoms with van der Waals surface area (Å²) in [4.78, 5) is 0. The molecule has 0 amide bonds. The first-order valence-corrected chi connectivity index (χ1v) is 9.63. The normalized spacial score (nSPS) is 21.5. The molecule has 1 unspecified atom stereocenters. The number of rotatable bonds is 8. The molecule has 26 heavy (non-hydrogen) atoms. The molecule has 0 bridgehead atoms. The molecule has 1 aromatic carbocycles. The number of nitrogens with zero attached hydrogens (tertiary/aromatic N) is 4. The summed E-state index contributed by atoms with van der Waals surface area (Å²) in [5.74, 6) is 1.72. The molecule has 1 heterocycles. The van der Waals surface area contributed by atoms with Gasteiger partial charge in [0, 0.05) is 18.6 Å². The van der Waals surface area contributed by atoms with Crippen LogP contribution in [0.25, 0.3) is 0 Å². The van der Waals surface area contributed by atoms with Crippen molar-refractivity contribution in [3.8, 4) is 5.75 Å². The van der Waals surface area contributed by atoms with Gasteiger partial charge in [0.25, 0.3) is 0 Å². The van der Waals surface area contributed by atoms with Crippen LogP contribution in [0.4, 0.5) is 0 Å². The predicted molar refractivity (Wildman–Crippen MR) is 101 cm³/mol. The van der Waals surface area contributed by atoms with E-state index in [4.69, 9.17) is 10.5 Å². The Labute approximate surface area is 155 Å². The Kier molecular flexibility index (Phi) is 6.57. The van der Waals surface area contributed by atoms with Gasteiger partial charge in [-0.15, -0.1) is 5.10 Å². The van der Waals surface area contributed by atoms with Crippen LogP contribution in [0.15, 0.2) is 24.3 Å². The largest absolute Gasteiger partial charge is 0.497 e. The van der Waals surface area contributed by atoms with Crippen LogP contribution < -0.4 is 15.8 Å². The van der Waals surface area contributed by atoms with Gasteiger partial charge >= 0.3 is 0 Å². The summed E-state index contributed by atoms with van der Waals surface area (Å²) >= 11 is 0. The molecule has 1 saturated carbocycles. The summed E-state index contributed by atoms with van der Waals surface area (Å²) in [5, 5.41) is 16.3. The topological polar surface area (TPSA) is 90.9 Å². The van der Waals surface area contributed by atoms with Crippen LogP contribution in [0.1, 0.15) is 62.9 Å². The molecule has 142 valence electrons. The molecule has 3 N–H and O–H groups in total. The molecule has 0 radical (unpaired) electrons. The van der Waals surface area contributed by atoms with Crippen LogP contribution in [-0.4, -0.2) is 39.4 Å². The van der Waals surface area contributed by atoms with Crippen molar-refractivity contribution in [2.24, 2.45) is 5.73 Å². The second-order valence-electron chi connectivity index (χ2n) is 7.10. The minimum Gasteiger partial charge on any atom is -0.497 e. The lowest BCUT2D eigenvalue weighted by molar-refractivity contribution is 0.320. The summed E-state index contributed by atoms with van der Waals surface area (Å²) in [6, 6.07) is 8.88.